The molecular formula is C10H14BrNO. The number of ether oxygens (including phenoxy) is 1. The fourth-order valence-electron chi connectivity index (χ4n) is 1.69. The van der Waals surface area contributed by atoms with Crippen molar-refractivity contribution in [2.24, 2.45) is 0 Å². The van der Waals surface area contributed by atoms with Gasteiger partial charge in [0.05, 0.1) is 13.2 Å². The second-order valence-electron chi connectivity index (χ2n) is 3.36. The Morgan fingerprint density at radius 2 is 2.08 bits per heavy atom. The van der Waals surface area contributed by atoms with E-state index in [4.69, 9.17) is 4.74 Å². The molecule has 1 aliphatic heterocycles. The van der Waals surface area contributed by atoms with Crippen molar-refractivity contribution in [3.63, 3.8) is 0 Å². The number of rotatable bonds is 1. The molecule has 0 aromatic carbocycles. The maximum absolute atomic E-state index is 5.32. The Bertz CT molecular complexity index is 241. The second kappa shape index (κ2) is 4.29. The molecule has 0 N–H and O–H groups in total. The van der Waals surface area contributed by atoms with Crippen LogP contribution >= 0.6 is 15.9 Å². The lowest BCUT2D eigenvalue weighted by atomic mass is 10.1. The maximum atomic E-state index is 5.32. The van der Waals surface area contributed by atoms with Crippen LogP contribution in [0.4, 0.5) is 0 Å². The van der Waals surface area contributed by atoms with Crippen LogP contribution in [-0.4, -0.2) is 31.2 Å². The normalized spacial score (nSPS) is 23.9. The second-order valence-corrected chi connectivity index (χ2v) is 4.38. The molecule has 1 fully saturated rings. The van der Waals surface area contributed by atoms with Gasteiger partial charge in [-0.15, -0.1) is 0 Å². The van der Waals surface area contributed by atoms with Crippen LogP contribution in [0.5, 0.6) is 0 Å². The fraction of sp³-hybridized carbons (Fsp3) is 0.600. The number of hydrogen-bond acceptors (Lipinski definition) is 2. The molecular weight excluding hydrogens is 230 g/mol. The van der Waals surface area contributed by atoms with Gasteiger partial charge in [-0.3, -0.25) is 0 Å². The summed E-state index contributed by atoms with van der Waals surface area (Å²) in [5.74, 6) is 0. The van der Waals surface area contributed by atoms with Gasteiger partial charge < -0.3 is 9.64 Å². The molecule has 0 aromatic heterocycles. The highest BCUT2D eigenvalue weighted by atomic mass is 79.9. The van der Waals surface area contributed by atoms with Crippen molar-refractivity contribution in [1.82, 2.24) is 4.90 Å². The van der Waals surface area contributed by atoms with Gasteiger partial charge in [0.2, 0.25) is 0 Å². The molecule has 13 heavy (non-hydrogen) atoms. The summed E-state index contributed by atoms with van der Waals surface area (Å²) in [6.45, 7) is 3.79. The molecule has 2 aliphatic rings. The molecule has 0 spiro atoms. The van der Waals surface area contributed by atoms with Gasteiger partial charge in [0.25, 0.3) is 0 Å². The van der Waals surface area contributed by atoms with Crippen LogP contribution < -0.4 is 0 Å². The Morgan fingerprint density at radius 3 is 2.77 bits per heavy atom. The molecule has 0 atom stereocenters. The lowest BCUT2D eigenvalue weighted by Crippen LogP contribution is -2.35. The zero-order valence-corrected chi connectivity index (χ0v) is 9.22. The standard InChI is InChI=1S/C10H14BrNO/c11-9-2-1-3-10(8-9)12-4-6-13-7-5-12/h3,8H,1-2,4-7H2. The summed E-state index contributed by atoms with van der Waals surface area (Å²) >= 11 is 3.56. The van der Waals surface area contributed by atoms with E-state index in [1.165, 1.54) is 10.2 Å². The molecule has 2 rings (SSSR count). The third kappa shape index (κ3) is 2.35. The summed E-state index contributed by atoms with van der Waals surface area (Å²) < 4.78 is 6.63. The Labute approximate surface area is 87.4 Å². The summed E-state index contributed by atoms with van der Waals surface area (Å²) in [7, 11) is 0. The number of hydrogen-bond donors (Lipinski definition) is 0. The van der Waals surface area contributed by atoms with Crippen LogP contribution in [0.15, 0.2) is 22.3 Å². The zero-order chi connectivity index (χ0) is 9.10. The number of nitrogens with zero attached hydrogens (tertiary/aromatic N) is 1. The van der Waals surface area contributed by atoms with Gasteiger partial charge in [-0.05, 0) is 23.4 Å². The molecule has 72 valence electrons. The monoisotopic (exact) mass is 243 g/mol. The SMILES string of the molecule is BrC1=CC(N2CCOCC2)=CCC1. The Kier molecular flexibility index (Phi) is 3.06. The zero-order valence-electron chi connectivity index (χ0n) is 7.63. The first kappa shape index (κ1) is 9.28. The first-order valence-corrected chi connectivity index (χ1v) is 5.54. The minimum atomic E-state index is 0.864. The number of halogens is 1. The summed E-state index contributed by atoms with van der Waals surface area (Å²) in [5, 5.41) is 0. The maximum Gasteiger partial charge on any atom is 0.0642 e. The van der Waals surface area contributed by atoms with Gasteiger partial charge >= 0.3 is 0 Å². The molecule has 0 saturated carbocycles. The quantitative estimate of drug-likeness (QED) is 0.701. The molecule has 0 unspecified atom stereocenters. The van der Waals surface area contributed by atoms with Crippen LogP contribution in [0.3, 0.4) is 0 Å². The minimum absolute atomic E-state index is 0.864. The molecule has 1 aliphatic carbocycles. The summed E-state index contributed by atoms with van der Waals surface area (Å²) in [5.41, 5.74) is 1.36. The first-order valence-electron chi connectivity index (χ1n) is 4.75. The van der Waals surface area contributed by atoms with Crippen molar-refractivity contribution in [3.05, 3.63) is 22.3 Å². The Hall–Kier alpha value is -0.280. The molecule has 0 aromatic rings. The molecule has 1 saturated heterocycles. The van der Waals surface area contributed by atoms with Crippen molar-refractivity contribution in [2.75, 3.05) is 26.3 Å². The predicted octanol–water partition coefficient (Wildman–Crippen LogP) is 2.28. The van der Waals surface area contributed by atoms with E-state index < -0.39 is 0 Å². The molecule has 0 radical (unpaired) electrons. The van der Waals surface area contributed by atoms with Gasteiger partial charge in [0.1, 0.15) is 0 Å². The summed E-state index contributed by atoms with van der Waals surface area (Å²) in [6.07, 6.45) is 6.85. The highest BCUT2D eigenvalue weighted by molar-refractivity contribution is 9.11. The first-order chi connectivity index (χ1) is 6.36. The third-order valence-corrected chi connectivity index (χ3v) is 3.04. The van der Waals surface area contributed by atoms with Crippen molar-refractivity contribution < 1.29 is 4.74 Å². The van der Waals surface area contributed by atoms with Crippen LogP contribution in [0.1, 0.15) is 12.8 Å². The topological polar surface area (TPSA) is 12.5 Å². The van der Waals surface area contributed by atoms with E-state index in [0.717, 1.165) is 39.1 Å². The third-order valence-electron chi connectivity index (χ3n) is 2.42. The van der Waals surface area contributed by atoms with Crippen LogP contribution in [0, 0.1) is 0 Å². The van der Waals surface area contributed by atoms with E-state index in [1.54, 1.807) is 0 Å². The van der Waals surface area contributed by atoms with Gasteiger partial charge in [0, 0.05) is 18.8 Å². The summed E-state index contributed by atoms with van der Waals surface area (Å²) in [6, 6.07) is 0. The van der Waals surface area contributed by atoms with E-state index in [1.807, 2.05) is 0 Å². The molecule has 0 amide bonds. The van der Waals surface area contributed by atoms with E-state index in [0.29, 0.717) is 0 Å². The molecule has 0 bridgehead atoms. The fourth-order valence-corrected chi connectivity index (χ4v) is 2.15. The number of allylic oxidation sites excluding steroid dienone is 3. The van der Waals surface area contributed by atoms with Crippen LogP contribution in [0.25, 0.3) is 0 Å². The lowest BCUT2D eigenvalue weighted by Gasteiger charge is -2.31. The Morgan fingerprint density at radius 1 is 1.31 bits per heavy atom. The highest BCUT2D eigenvalue weighted by Crippen LogP contribution is 2.24. The van der Waals surface area contributed by atoms with Crippen molar-refractivity contribution in [3.8, 4) is 0 Å². The van der Waals surface area contributed by atoms with Gasteiger partial charge in [0.15, 0.2) is 0 Å². The highest BCUT2D eigenvalue weighted by Gasteiger charge is 2.13. The van der Waals surface area contributed by atoms with E-state index >= 15 is 0 Å². The lowest BCUT2D eigenvalue weighted by molar-refractivity contribution is 0.0551. The molecule has 3 heteroatoms. The van der Waals surface area contributed by atoms with Gasteiger partial charge in [-0.25, -0.2) is 0 Å². The van der Waals surface area contributed by atoms with E-state index in [2.05, 4.69) is 33.0 Å². The van der Waals surface area contributed by atoms with Gasteiger partial charge in [-0.2, -0.15) is 0 Å². The Balaban J connectivity index is 2.02. The molecule has 1 heterocycles. The predicted molar refractivity (Wildman–Crippen MR) is 56.7 cm³/mol. The van der Waals surface area contributed by atoms with Crippen LogP contribution in [-0.2, 0) is 4.74 Å². The minimum Gasteiger partial charge on any atom is -0.378 e. The largest absolute Gasteiger partial charge is 0.378 e. The van der Waals surface area contributed by atoms with Crippen molar-refractivity contribution >= 4 is 15.9 Å². The van der Waals surface area contributed by atoms with Crippen molar-refractivity contribution in [2.45, 2.75) is 12.8 Å². The van der Waals surface area contributed by atoms with E-state index in [9.17, 15) is 0 Å². The smallest absolute Gasteiger partial charge is 0.0642 e. The van der Waals surface area contributed by atoms with Crippen LogP contribution in [0.2, 0.25) is 0 Å². The average Bonchev–Trinajstić information content (AvgIpc) is 2.19. The van der Waals surface area contributed by atoms with Gasteiger partial charge in [-0.1, -0.05) is 22.0 Å². The molecule has 2 nitrogen and oxygen atoms in total. The summed E-state index contributed by atoms with van der Waals surface area (Å²) in [4.78, 5) is 2.39. The van der Waals surface area contributed by atoms with Crippen molar-refractivity contribution in [1.29, 1.82) is 0 Å². The number of morpholine rings is 1. The van der Waals surface area contributed by atoms with E-state index in [-0.39, 0.29) is 0 Å². The average molecular weight is 244 g/mol.